The van der Waals surface area contributed by atoms with E-state index in [2.05, 4.69) is 48.6 Å². The summed E-state index contributed by atoms with van der Waals surface area (Å²) in [7, 11) is 2.20. The number of aromatic nitrogens is 2. The van der Waals surface area contributed by atoms with Crippen molar-refractivity contribution >= 4 is 0 Å². The predicted molar refractivity (Wildman–Crippen MR) is 93.4 cm³/mol. The Bertz CT molecular complexity index is 514. The molecule has 0 bridgehead atoms. The first-order chi connectivity index (χ1) is 10.9. The molecule has 1 aromatic heterocycles. The topological polar surface area (TPSA) is 30.3 Å². The maximum Gasteiger partial charge on any atom is 0.0690 e. The van der Waals surface area contributed by atoms with Gasteiger partial charge in [0.2, 0.25) is 0 Å². The minimum atomic E-state index is 0.159. The highest BCUT2D eigenvalue weighted by atomic mass is 16.5. The van der Waals surface area contributed by atoms with Gasteiger partial charge in [-0.3, -0.25) is 4.68 Å². The summed E-state index contributed by atoms with van der Waals surface area (Å²) >= 11 is 0. The average molecular weight is 319 g/mol. The molecule has 130 valence electrons. The van der Waals surface area contributed by atoms with E-state index in [9.17, 15) is 0 Å². The van der Waals surface area contributed by atoms with Crippen molar-refractivity contribution in [3.63, 3.8) is 0 Å². The van der Waals surface area contributed by atoms with Gasteiger partial charge in [0.25, 0.3) is 0 Å². The summed E-state index contributed by atoms with van der Waals surface area (Å²) in [5, 5.41) is 4.65. The van der Waals surface area contributed by atoms with Crippen LogP contribution in [-0.4, -0.2) is 40.5 Å². The second kappa shape index (κ2) is 6.56. The third kappa shape index (κ3) is 3.80. The Kier molecular flexibility index (Phi) is 4.84. The third-order valence-electron chi connectivity index (χ3n) is 5.57. The highest BCUT2D eigenvalue weighted by molar-refractivity contribution is 5.04. The van der Waals surface area contributed by atoms with Gasteiger partial charge in [-0.1, -0.05) is 20.8 Å². The van der Waals surface area contributed by atoms with Gasteiger partial charge in [-0.25, -0.2) is 0 Å². The lowest BCUT2D eigenvalue weighted by Crippen LogP contribution is -2.35. The third-order valence-corrected chi connectivity index (χ3v) is 5.57. The van der Waals surface area contributed by atoms with Crippen molar-refractivity contribution < 1.29 is 4.74 Å². The van der Waals surface area contributed by atoms with E-state index in [1.54, 1.807) is 0 Å². The molecule has 0 unspecified atom stereocenters. The van der Waals surface area contributed by atoms with Crippen LogP contribution in [0.3, 0.4) is 0 Å². The molecule has 4 nitrogen and oxygen atoms in total. The molecule has 2 aliphatic rings. The van der Waals surface area contributed by atoms with Gasteiger partial charge in [0.1, 0.15) is 0 Å². The Morgan fingerprint density at radius 2 is 2.09 bits per heavy atom. The molecule has 0 radical (unpaired) electrons. The van der Waals surface area contributed by atoms with Gasteiger partial charge in [0.05, 0.1) is 23.9 Å². The maximum absolute atomic E-state index is 6.25. The molecule has 23 heavy (non-hydrogen) atoms. The average Bonchev–Trinajstić information content (AvgIpc) is 3.05. The predicted octanol–water partition coefficient (Wildman–Crippen LogP) is 4.03. The van der Waals surface area contributed by atoms with Gasteiger partial charge in [0, 0.05) is 12.7 Å². The largest absolute Gasteiger partial charge is 0.374 e. The second-order valence-corrected chi connectivity index (χ2v) is 8.55. The number of ether oxygens (including phenoxy) is 1. The van der Waals surface area contributed by atoms with Crippen molar-refractivity contribution in [2.75, 3.05) is 20.2 Å². The zero-order valence-corrected chi connectivity index (χ0v) is 15.3. The fraction of sp³-hybridized carbons (Fsp3) is 0.842. The zero-order valence-electron chi connectivity index (χ0n) is 15.3. The first kappa shape index (κ1) is 17.0. The van der Waals surface area contributed by atoms with Gasteiger partial charge >= 0.3 is 0 Å². The van der Waals surface area contributed by atoms with Gasteiger partial charge in [-0.05, 0) is 63.6 Å². The molecule has 1 aliphatic heterocycles. The molecule has 2 fully saturated rings. The van der Waals surface area contributed by atoms with E-state index in [0.717, 1.165) is 19.7 Å². The summed E-state index contributed by atoms with van der Waals surface area (Å²) in [6, 6.07) is 2.74. The molecule has 1 aromatic rings. The molecule has 1 spiro atoms. The number of hydrogen-bond acceptors (Lipinski definition) is 3. The van der Waals surface area contributed by atoms with E-state index >= 15 is 0 Å². The van der Waals surface area contributed by atoms with Gasteiger partial charge in [0.15, 0.2) is 0 Å². The van der Waals surface area contributed by atoms with Gasteiger partial charge in [-0.15, -0.1) is 0 Å². The van der Waals surface area contributed by atoms with Crippen LogP contribution in [0.5, 0.6) is 0 Å². The van der Waals surface area contributed by atoms with E-state index in [4.69, 9.17) is 4.74 Å². The van der Waals surface area contributed by atoms with Gasteiger partial charge < -0.3 is 9.64 Å². The zero-order chi connectivity index (χ0) is 16.5. The van der Waals surface area contributed by atoms with Crippen LogP contribution in [0, 0.1) is 5.41 Å². The molecule has 0 amide bonds. The van der Waals surface area contributed by atoms with Crippen molar-refractivity contribution in [3.8, 4) is 0 Å². The first-order valence-corrected chi connectivity index (χ1v) is 9.28. The normalized spacial score (nSPS) is 30.4. The van der Waals surface area contributed by atoms with E-state index in [0.29, 0.717) is 11.5 Å². The van der Waals surface area contributed by atoms with Crippen molar-refractivity contribution in [2.24, 2.45) is 5.41 Å². The molecule has 0 N–H and O–H groups in total. The van der Waals surface area contributed by atoms with Crippen molar-refractivity contribution in [3.05, 3.63) is 18.0 Å². The minimum absolute atomic E-state index is 0.159. The fourth-order valence-electron chi connectivity index (χ4n) is 4.55. The number of nitrogens with zero attached hydrogens (tertiary/aromatic N) is 3. The lowest BCUT2D eigenvalue weighted by Gasteiger charge is -2.37. The summed E-state index contributed by atoms with van der Waals surface area (Å²) in [4.78, 5) is 2.39. The van der Waals surface area contributed by atoms with Crippen LogP contribution in [0.25, 0.3) is 0 Å². The number of rotatable bonds is 5. The van der Waals surface area contributed by atoms with Crippen LogP contribution in [0.4, 0.5) is 0 Å². The van der Waals surface area contributed by atoms with Crippen molar-refractivity contribution in [2.45, 2.75) is 77.5 Å². The Balaban J connectivity index is 1.61. The molecule has 1 saturated carbocycles. The molecule has 0 atom stereocenters. The van der Waals surface area contributed by atoms with Crippen LogP contribution in [0.15, 0.2) is 12.3 Å². The monoisotopic (exact) mass is 319 g/mol. The van der Waals surface area contributed by atoms with E-state index in [1.165, 1.54) is 44.2 Å². The van der Waals surface area contributed by atoms with Crippen molar-refractivity contribution in [1.29, 1.82) is 0 Å². The molecule has 4 heteroatoms. The summed E-state index contributed by atoms with van der Waals surface area (Å²) in [6.07, 6.45) is 9.15. The highest BCUT2D eigenvalue weighted by Gasteiger charge is 2.46. The summed E-state index contributed by atoms with van der Waals surface area (Å²) in [5.41, 5.74) is 1.87. The van der Waals surface area contributed by atoms with E-state index < -0.39 is 0 Å². The van der Waals surface area contributed by atoms with Crippen LogP contribution < -0.4 is 0 Å². The van der Waals surface area contributed by atoms with Gasteiger partial charge in [-0.2, -0.15) is 5.10 Å². The smallest absolute Gasteiger partial charge is 0.0690 e. The van der Waals surface area contributed by atoms with Crippen molar-refractivity contribution in [1.82, 2.24) is 14.7 Å². The highest BCUT2D eigenvalue weighted by Crippen LogP contribution is 2.48. The molecule has 3 rings (SSSR count). The maximum atomic E-state index is 6.25. The summed E-state index contributed by atoms with van der Waals surface area (Å²) < 4.78 is 8.54. The number of hydrogen-bond donors (Lipinski definition) is 0. The molecule has 2 heterocycles. The van der Waals surface area contributed by atoms with E-state index in [-0.39, 0.29) is 5.60 Å². The van der Waals surface area contributed by atoms with Crippen LogP contribution in [0.1, 0.15) is 71.0 Å². The van der Waals surface area contributed by atoms with Crippen LogP contribution in [-0.2, 0) is 11.3 Å². The molecular formula is C19H33N3O. The lowest BCUT2D eigenvalue weighted by molar-refractivity contribution is -0.0354. The van der Waals surface area contributed by atoms with Crippen LogP contribution >= 0.6 is 0 Å². The Morgan fingerprint density at radius 3 is 2.70 bits per heavy atom. The quantitative estimate of drug-likeness (QED) is 0.821. The standard InChI is InChI=1S/C19H33N3O/c1-5-12-21(4)13-17-8-11-20-22(17)16-6-9-19(10-7-16)14-18(2,3)15-23-19/h8,11,16H,5-7,9-10,12-15H2,1-4H3. The summed E-state index contributed by atoms with van der Waals surface area (Å²) in [6.45, 7) is 9.97. The SMILES string of the molecule is CCCN(C)Cc1ccnn1C1CCC2(CC1)CC(C)(C)CO2. The Morgan fingerprint density at radius 1 is 1.35 bits per heavy atom. The minimum Gasteiger partial charge on any atom is -0.374 e. The fourth-order valence-corrected chi connectivity index (χ4v) is 4.55. The summed E-state index contributed by atoms with van der Waals surface area (Å²) in [5.74, 6) is 0. The van der Waals surface area contributed by atoms with E-state index in [1.807, 2.05) is 6.20 Å². The molecule has 1 aliphatic carbocycles. The Labute approximate surface area is 141 Å². The molecule has 1 saturated heterocycles. The lowest BCUT2D eigenvalue weighted by atomic mass is 9.75. The molecule has 0 aromatic carbocycles. The molecular weight excluding hydrogens is 286 g/mol. The van der Waals surface area contributed by atoms with Crippen LogP contribution in [0.2, 0.25) is 0 Å². The Hall–Kier alpha value is -0.870. The second-order valence-electron chi connectivity index (χ2n) is 8.55. The first-order valence-electron chi connectivity index (χ1n) is 9.28.